The summed E-state index contributed by atoms with van der Waals surface area (Å²) >= 11 is 0. The fraction of sp³-hybridized carbons (Fsp3) is 0.526. The van der Waals surface area contributed by atoms with Gasteiger partial charge in [-0.05, 0) is 30.7 Å². The van der Waals surface area contributed by atoms with Crippen LogP contribution >= 0.6 is 0 Å². The second-order valence-electron chi connectivity index (χ2n) is 6.28. The molecule has 0 unspecified atom stereocenters. The second-order valence-corrected chi connectivity index (χ2v) is 6.28. The highest BCUT2D eigenvalue weighted by Gasteiger charge is 2.22. The predicted octanol–water partition coefficient (Wildman–Crippen LogP) is 0.234. The van der Waals surface area contributed by atoms with Crippen LogP contribution in [0.1, 0.15) is 12.0 Å². The van der Waals surface area contributed by atoms with E-state index in [9.17, 15) is 9.59 Å². The van der Waals surface area contributed by atoms with E-state index in [-0.39, 0.29) is 18.4 Å². The zero-order chi connectivity index (χ0) is 19.5. The quantitative estimate of drug-likeness (QED) is 0.622. The van der Waals surface area contributed by atoms with E-state index < -0.39 is 0 Å². The van der Waals surface area contributed by atoms with E-state index in [1.165, 1.54) is 0 Å². The topological polar surface area (TPSA) is 94.9 Å². The lowest BCUT2D eigenvalue weighted by Gasteiger charge is -2.34. The number of ether oxygens (including phenoxy) is 2. The van der Waals surface area contributed by atoms with Gasteiger partial charge in [0.15, 0.2) is 6.61 Å². The van der Waals surface area contributed by atoms with Crippen LogP contribution in [0.15, 0.2) is 24.3 Å². The number of nitrogens with zero attached hydrogens (tertiary/aromatic N) is 3. The Bertz CT molecular complexity index is 649. The van der Waals surface area contributed by atoms with Gasteiger partial charge in [-0.25, -0.2) is 0 Å². The van der Waals surface area contributed by atoms with Crippen molar-refractivity contribution in [1.82, 2.24) is 15.1 Å². The molecule has 0 aromatic heterocycles. The largest absolute Gasteiger partial charge is 0.484 e. The zero-order valence-corrected chi connectivity index (χ0v) is 15.6. The molecule has 2 amide bonds. The zero-order valence-electron chi connectivity index (χ0n) is 15.6. The fourth-order valence-electron chi connectivity index (χ4n) is 2.72. The Hall–Kier alpha value is -2.63. The highest BCUT2D eigenvalue weighted by molar-refractivity contribution is 5.79. The number of nitrogens with one attached hydrogen (secondary N) is 1. The Kier molecular flexibility index (Phi) is 8.55. The molecule has 1 aliphatic heterocycles. The number of hydrogen-bond donors (Lipinski definition) is 1. The first-order chi connectivity index (χ1) is 13.1. The minimum absolute atomic E-state index is 0.00460. The van der Waals surface area contributed by atoms with Crippen molar-refractivity contribution in [2.24, 2.45) is 0 Å². The van der Waals surface area contributed by atoms with Crippen LogP contribution in [-0.2, 0) is 14.3 Å². The summed E-state index contributed by atoms with van der Waals surface area (Å²) in [6, 6.07) is 8.69. The van der Waals surface area contributed by atoms with Crippen LogP contribution < -0.4 is 10.1 Å². The molecular weight excluding hydrogens is 348 g/mol. The Morgan fingerprint density at radius 1 is 1.19 bits per heavy atom. The number of amides is 2. The first kappa shape index (κ1) is 20.7. The molecule has 8 heteroatoms. The standard InChI is InChI=1S/C19H26N4O4/c1-26-12-2-7-21-18(24)14-22-8-10-23(11-9-22)19(25)15-27-17-5-3-16(13-20)4-6-17/h3-6H,2,7-12,14-15H2,1H3,(H,21,24). The Balaban J connectivity index is 1.64. The highest BCUT2D eigenvalue weighted by atomic mass is 16.5. The summed E-state index contributed by atoms with van der Waals surface area (Å²) in [7, 11) is 1.64. The maximum atomic E-state index is 12.3. The normalized spacial score (nSPS) is 14.4. The molecule has 0 atom stereocenters. The van der Waals surface area contributed by atoms with Gasteiger partial charge in [0.25, 0.3) is 5.91 Å². The molecule has 0 radical (unpaired) electrons. The minimum atomic E-state index is -0.0805. The van der Waals surface area contributed by atoms with Crippen LogP contribution in [0.2, 0.25) is 0 Å². The van der Waals surface area contributed by atoms with Crippen molar-refractivity contribution >= 4 is 11.8 Å². The average Bonchev–Trinajstić information content (AvgIpc) is 2.70. The summed E-state index contributed by atoms with van der Waals surface area (Å²) in [5.74, 6) is 0.476. The molecule has 0 aliphatic carbocycles. The van der Waals surface area contributed by atoms with Gasteiger partial charge in [0, 0.05) is 46.4 Å². The molecule has 0 spiro atoms. The monoisotopic (exact) mass is 374 g/mol. The van der Waals surface area contributed by atoms with Crippen LogP contribution in [-0.4, -0.2) is 81.2 Å². The number of carbonyl (C=O) groups excluding carboxylic acids is 2. The van der Waals surface area contributed by atoms with Gasteiger partial charge in [-0.3, -0.25) is 14.5 Å². The molecule has 1 aromatic carbocycles. The van der Waals surface area contributed by atoms with Crippen LogP contribution in [0.4, 0.5) is 0 Å². The van der Waals surface area contributed by atoms with Gasteiger partial charge in [-0.1, -0.05) is 0 Å². The molecule has 8 nitrogen and oxygen atoms in total. The Labute approximate surface area is 159 Å². The van der Waals surface area contributed by atoms with E-state index in [0.717, 1.165) is 6.42 Å². The van der Waals surface area contributed by atoms with Gasteiger partial charge in [0.05, 0.1) is 18.2 Å². The first-order valence-electron chi connectivity index (χ1n) is 9.01. The maximum Gasteiger partial charge on any atom is 0.260 e. The third-order valence-corrected chi connectivity index (χ3v) is 4.29. The Morgan fingerprint density at radius 2 is 1.89 bits per heavy atom. The summed E-state index contributed by atoms with van der Waals surface area (Å²) in [5.41, 5.74) is 0.549. The summed E-state index contributed by atoms with van der Waals surface area (Å²) in [5, 5.41) is 11.6. The van der Waals surface area contributed by atoms with E-state index >= 15 is 0 Å². The van der Waals surface area contributed by atoms with Gasteiger partial charge >= 0.3 is 0 Å². The van der Waals surface area contributed by atoms with Crippen molar-refractivity contribution in [3.63, 3.8) is 0 Å². The Morgan fingerprint density at radius 3 is 2.52 bits per heavy atom. The van der Waals surface area contributed by atoms with Crippen molar-refractivity contribution in [2.75, 3.05) is 59.6 Å². The first-order valence-corrected chi connectivity index (χ1v) is 9.01. The van der Waals surface area contributed by atoms with Crippen LogP contribution in [0.5, 0.6) is 5.75 Å². The van der Waals surface area contributed by atoms with Crippen molar-refractivity contribution in [1.29, 1.82) is 5.26 Å². The maximum absolute atomic E-state index is 12.3. The summed E-state index contributed by atoms with van der Waals surface area (Å²) in [4.78, 5) is 27.9. The van der Waals surface area contributed by atoms with Crippen molar-refractivity contribution in [3.05, 3.63) is 29.8 Å². The smallest absolute Gasteiger partial charge is 0.260 e. The molecule has 1 saturated heterocycles. The predicted molar refractivity (Wildman–Crippen MR) is 99.2 cm³/mol. The van der Waals surface area contributed by atoms with Crippen molar-refractivity contribution < 1.29 is 19.1 Å². The molecule has 1 heterocycles. The fourth-order valence-corrected chi connectivity index (χ4v) is 2.72. The van der Waals surface area contributed by atoms with E-state index in [1.807, 2.05) is 11.0 Å². The lowest BCUT2D eigenvalue weighted by molar-refractivity contribution is -0.135. The molecule has 146 valence electrons. The molecule has 1 N–H and O–H groups in total. The van der Waals surface area contributed by atoms with Crippen molar-refractivity contribution in [2.45, 2.75) is 6.42 Å². The number of methoxy groups -OCH3 is 1. The molecule has 0 bridgehead atoms. The molecule has 1 fully saturated rings. The summed E-state index contributed by atoms with van der Waals surface area (Å²) in [6.07, 6.45) is 0.795. The number of hydrogen-bond acceptors (Lipinski definition) is 6. The van der Waals surface area contributed by atoms with E-state index in [2.05, 4.69) is 5.32 Å². The van der Waals surface area contributed by atoms with Crippen LogP contribution in [0.25, 0.3) is 0 Å². The molecule has 0 saturated carbocycles. The van der Waals surface area contributed by atoms with Gasteiger partial charge in [0.1, 0.15) is 5.75 Å². The number of carbonyl (C=O) groups is 2. The molecule has 27 heavy (non-hydrogen) atoms. The van der Waals surface area contributed by atoms with E-state index in [0.29, 0.717) is 57.2 Å². The van der Waals surface area contributed by atoms with E-state index in [4.69, 9.17) is 14.7 Å². The number of piperazine rings is 1. The van der Waals surface area contributed by atoms with E-state index in [1.54, 1.807) is 36.3 Å². The second kappa shape index (κ2) is 11.2. The number of rotatable bonds is 9. The molecule has 1 aromatic rings. The van der Waals surface area contributed by atoms with Crippen LogP contribution in [0, 0.1) is 11.3 Å². The minimum Gasteiger partial charge on any atom is -0.484 e. The molecule has 1 aliphatic rings. The van der Waals surface area contributed by atoms with Gasteiger partial charge in [0.2, 0.25) is 5.91 Å². The SMILES string of the molecule is COCCCNC(=O)CN1CCN(C(=O)COc2ccc(C#N)cc2)CC1. The average molecular weight is 374 g/mol. The highest BCUT2D eigenvalue weighted by Crippen LogP contribution is 2.12. The third-order valence-electron chi connectivity index (χ3n) is 4.29. The number of benzene rings is 1. The lowest BCUT2D eigenvalue weighted by atomic mass is 10.2. The third kappa shape index (κ3) is 7.25. The lowest BCUT2D eigenvalue weighted by Crippen LogP contribution is -2.52. The number of nitriles is 1. The van der Waals surface area contributed by atoms with Gasteiger partial charge in [-0.2, -0.15) is 5.26 Å². The van der Waals surface area contributed by atoms with Gasteiger partial charge < -0.3 is 19.7 Å². The molecular formula is C19H26N4O4. The van der Waals surface area contributed by atoms with Crippen molar-refractivity contribution in [3.8, 4) is 11.8 Å². The van der Waals surface area contributed by atoms with Gasteiger partial charge in [-0.15, -0.1) is 0 Å². The molecule has 2 rings (SSSR count). The summed E-state index contributed by atoms with van der Waals surface area (Å²) in [6.45, 7) is 4.02. The van der Waals surface area contributed by atoms with Crippen LogP contribution in [0.3, 0.4) is 0 Å². The summed E-state index contributed by atoms with van der Waals surface area (Å²) < 4.78 is 10.4.